The number of nitrogen functional groups attached to an aromatic ring is 1. The van der Waals surface area contributed by atoms with Gasteiger partial charge < -0.3 is 15.4 Å². The Hall–Kier alpha value is -3.63. The third-order valence-electron chi connectivity index (χ3n) is 5.71. The molecule has 4 aromatic rings. The molecule has 3 aromatic heterocycles. The highest BCUT2D eigenvalue weighted by molar-refractivity contribution is 5.95. The number of pyridine rings is 1. The number of para-hydroxylation sites is 1. The lowest BCUT2D eigenvalue weighted by molar-refractivity contribution is -0.137. The number of hydrogen-bond donors (Lipinski definition) is 1. The Morgan fingerprint density at radius 2 is 2.00 bits per heavy atom. The average Bonchev–Trinajstić information content (AvgIpc) is 3.25. The minimum absolute atomic E-state index is 0.0206. The van der Waals surface area contributed by atoms with Gasteiger partial charge in [0.2, 0.25) is 5.95 Å². The van der Waals surface area contributed by atoms with Crippen LogP contribution in [0.4, 0.5) is 24.9 Å². The summed E-state index contributed by atoms with van der Waals surface area (Å²) in [6, 6.07) is 8.01. The van der Waals surface area contributed by atoms with E-state index in [0.717, 1.165) is 30.5 Å². The number of rotatable bonds is 3. The standard InChI is InChI=1S/C21H20F3N7O/c1-32-15-6-2-5-14-17(15)27-20(25)31-19(14)28-18(29-31)12-4-3-9-30(11-12)16-8-7-13(10-26-16)21(22,23)24/h2,5-8,10,12H,3-4,9,11H2,1H3,(H2,25,27)/t12-/m1/s1. The zero-order valence-electron chi connectivity index (χ0n) is 17.2. The molecule has 0 spiro atoms. The van der Waals surface area contributed by atoms with Gasteiger partial charge >= 0.3 is 6.18 Å². The quantitative estimate of drug-likeness (QED) is 0.516. The van der Waals surface area contributed by atoms with E-state index in [1.54, 1.807) is 13.2 Å². The smallest absolute Gasteiger partial charge is 0.417 e. The van der Waals surface area contributed by atoms with Gasteiger partial charge in [0.25, 0.3) is 0 Å². The van der Waals surface area contributed by atoms with E-state index in [1.165, 1.54) is 10.6 Å². The van der Waals surface area contributed by atoms with Crippen molar-refractivity contribution in [2.75, 3.05) is 30.8 Å². The third kappa shape index (κ3) is 3.43. The molecule has 1 atom stereocenters. The van der Waals surface area contributed by atoms with Crippen LogP contribution in [0.15, 0.2) is 36.5 Å². The number of piperidine rings is 1. The molecule has 5 rings (SSSR count). The molecule has 0 aliphatic carbocycles. The van der Waals surface area contributed by atoms with Gasteiger partial charge in [0.05, 0.1) is 12.7 Å². The molecule has 1 aliphatic rings. The minimum atomic E-state index is -4.41. The summed E-state index contributed by atoms with van der Waals surface area (Å²) in [5.74, 6) is 1.90. The van der Waals surface area contributed by atoms with E-state index in [-0.39, 0.29) is 11.9 Å². The monoisotopic (exact) mass is 443 g/mol. The van der Waals surface area contributed by atoms with Crippen LogP contribution < -0.4 is 15.4 Å². The number of methoxy groups -OCH3 is 1. The number of nitrogens with two attached hydrogens (primary N) is 1. The molecule has 8 nitrogen and oxygen atoms in total. The molecule has 1 fully saturated rings. The lowest BCUT2D eigenvalue weighted by Gasteiger charge is -2.32. The van der Waals surface area contributed by atoms with Crippen LogP contribution in [0.25, 0.3) is 16.6 Å². The highest BCUT2D eigenvalue weighted by atomic mass is 19.4. The van der Waals surface area contributed by atoms with Crippen LogP contribution in [0.2, 0.25) is 0 Å². The topological polar surface area (TPSA) is 94.5 Å². The molecule has 1 aliphatic heterocycles. The molecule has 11 heteroatoms. The molecule has 1 saturated heterocycles. The van der Waals surface area contributed by atoms with Crippen LogP contribution >= 0.6 is 0 Å². The van der Waals surface area contributed by atoms with Crippen molar-refractivity contribution in [1.82, 2.24) is 24.6 Å². The first-order chi connectivity index (χ1) is 15.3. The number of ether oxygens (including phenoxy) is 1. The summed E-state index contributed by atoms with van der Waals surface area (Å²) in [6.07, 6.45) is -1.85. The van der Waals surface area contributed by atoms with Crippen LogP contribution in [0, 0.1) is 0 Å². The normalized spacial score (nSPS) is 17.2. The van der Waals surface area contributed by atoms with Crippen molar-refractivity contribution in [2.45, 2.75) is 24.9 Å². The number of aromatic nitrogens is 5. The SMILES string of the molecule is COc1cccc2c1nc(N)n1nc([C@@H]3CCCN(c4ccc(C(F)(F)F)cn4)C3)nc21. The molecule has 32 heavy (non-hydrogen) atoms. The lowest BCUT2D eigenvalue weighted by Crippen LogP contribution is -2.35. The molecular weight excluding hydrogens is 423 g/mol. The second kappa shape index (κ2) is 7.50. The first-order valence-corrected chi connectivity index (χ1v) is 10.1. The van der Waals surface area contributed by atoms with Crippen molar-refractivity contribution in [1.29, 1.82) is 0 Å². The first kappa shape index (κ1) is 20.3. The number of halogens is 3. The van der Waals surface area contributed by atoms with Gasteiger partial charge in [0.15, 0.2) is 11.5 Å². The zero-order chi connectivity index (χ0) is 22.5. The maximum absolute atomic E-state index is 12.8. The summed E-state index contributed by atoms with van der Waals surface area (Å²) in [6.45, 7) is 1.25. The van der Waals surface area contributed by atoms with Gasteiger partial charge in [-0.3, -0.25) is 0 Å². The highest BCUT2D eigenvalue weighted by Gasteiger charge is 2.32. The zero-order valence-corrected chi connectivity index (χ0v) is 17.2. The van der Waals surface area contributed by atoms with Gasteiger partial charge in [-0.15, -0.1) is 5.10 Å². The highest BCUT2D eigenvalue weighted by Crippen LogP contribution is 2.33. The van der Waals surface area contributed by atoms with Crippen molar-refractivity contribution >= 4 is 28.3 Å². The van der Waals surface area contributed by atoms with E-state index in [9.17, 15) is 13.2 Å². The summed E-state index contributed by atoms with van der Waals surface area (Å²) in [5, 5.41) is 5.37. The number of benzene rings is 1. The van der Waals surface area contributed by atoms with Gasteiger partial charge in [-0.05, 0) is 37.1 Å². The van der Waals surface area contributed by atoms with Crippen LogP contribution in [0.5, 0.6) is 5.75 Å². The average molecular weight is 443 g/mol. The number of anilines is 2. The lowest BCUT2D eigenvalue weighted by atomic mass is 9.97. The summed E-state index contributed by atoms with van der Waals surface area (Å²) >= 11 is 0. The Morgan fingerprint density at radius 3 is 2.72 bits per heavy atom. The largest absolute Gasteiger partial charge is 0.494 e. The van der Waals surface area contributed by atoms with Crippen LogP contribution in [0.3, 0.4) is 0 Å². The molecule has 166 valence electrons. The van der Waals surface area contributed by atoms with Gasteiger partial charge in [-0.25, -0.2) is 15.0 Å². The summed E-state index contributed by atoms with van der Waals surface area (Å²) in [4.78, 5) is 15.2. The van der Waals surface area contributed by atoms with E-state index < -0.39 is 11.7 Å². The second-order valence-corrected chi connectivity index (χ2v) is 7.72. The van der Waals surface area contributed by atoms with E-state index in [0.29, 0.717) is 41.6 Å². The molecule has 0 amide bonds. The van der Waals surface area contributed by atoms with E-state index in [4.69, 9.17) is 15.5 Å². The molecular formula is C21H20F3N7O. The fourth-order valence-corrected chi connectivity index (χ4v) is 4.12. The molecule has 2 N–H and O–H groups in total. The van der Waals surface area contributed by atoms with Crippen LogP contribution in [-0.2, 0) is 6.18 Å². The minimum Gasteiger partial charge on any atom is -0.494 e. The summed E-state index contributed by atoms with van der Waals surface area (Å²) in [5.41, 5.74) is 6.57. The Balaban J connectivity index is 1.47. The predicted molar refractivity (Wildman–Crippen MR) is 113 cm³/mol. The molecule has 0 bridgehead atoms. The fourth-order valence-electron chi connectivity index (χ4n) is 4.12. The molecule has 0 radical (unpaired) electrons. The Kier molecular flexibility index (Phi) is 4.75. The number of hydrogen-bond acceptors (Lipinski definition) is 7. The molecule has 4 heterocycles. The maximum Gasteiger partial charge on any atom is 0.417 e. The van der Waals surface area contributed by atoms with Crippen LogP contribution in [0.1, 0.15) is 30.1 Å². The third-order valence-corrected chi connectivity index (χ3v) is 5.71. The number of nitrogens with zero attached hydrogens (tertiary/aromatic N) is 6. The fraction of sp³-hybridized carbons (Fsp3) is 0.333. The van der Waals surface area contributed by atoms with Gasteiger partial charge in [-0.1, -0.05) is 6.07 Å². The van der Waals surface area contributed by atoms with Crippen molar-refractivity contribution in [2.24, 2.45) is 0 Å². The molecule has 0 unspecified atom stereocenters. The Morgan fingerprint density at radius 1 is 1.16 bits per heavy atom. The summed E-state index contributed by atoms with van der Waals surface area (Å²) < 4.78 is 45.4. The van der Waals surface area contributed by atoms with Crippen LogP contribution in [-0.4, -0.2) is 44.8 Å². The predicted octanol–water partition coefficient (Wildman–Crippen LogP) is 3.67. The maximum atomic E-state index is 12.8. The van der Waals surface area contributed by atoms with Gasteiger partial charge in [0.1, 0.15) is 17.1 Å². The van der Waals surface area contributed by atoms with Gasteiger partial charge in [0, 0.05) is 30.6 Å². The van der Waals surface area contributed by atoms with E-state index in [1.807, 2.05) is 17.0 Å². The molecule has 1 aromatic carbocycles. The van der Waals surface area contributed by atoms with Gasteiger partial charge in [-0.2, -0.15) is 17.7 Å². The van der Waals surface area contributed by atoms with E-state index in [2.05, 4.69) is 15.1 Å². The number of alkyl halides is 3. The number of fused-ring (bicyclic) bond motifs is 3. The first-order valence-electron chi connectivity index (χ1n) is 10.1. The van der Waals surface area contributed by atoms with Crippen molar-refractivity contribution in [3.05, 3.63) is 47.9 Å². The summed E-state index contributed by atoms with van der Waals surface area (Å²) in [7, 11) is 1.57. The Bertz CT molecular complexity index is 1290. The van der Waals surface area contributed by atoms with Crippen molar-refractivity contribution < 1.29 is 17.9 Å². The van der Waals surface area contributed by atoms with Crippen molar-refractivity contribution in [3.8, 4) is 5.75 Å². The van der Waals surface area contributed by atoms with Crippen molar-refractivity contribution in [3.63, 3.8) is 0 Å². The second-order valence-electron chi connectivity index (χ2n) is 7.72. The Labute approximate surface area is 180 Å². The molecule has 0 saturated carbocycles. The van der Waals surface area contributed by atoms with E-state index >= 15 is 0 Å².